The van der Waals surface area contributed by atoms with E-state index in [0.717, 1.165) is 12.1 Å². The lowest BCUT2D eigenvalue weighted by Crippen LogP contribution is -2.09. The number of methoxy groups -OCH3 is 1. The number of aliphatic imine (C=N–C) groups is 1. The van der Waals surface area contributed by atoms with Crippen LogP contribution in [0.1, 0.15) is 19.4 Å². The van der Waals surface area contributed by atoms with Crippen molar-refractivity contribution in [2.45, 2.75) is 26.1 Å². The standard InChI is InChI=1S/C17H16F3N5O2/c1-11(2)27-15(22-9-21)4-5-25-10-23-16(24-25)12-6-13(17(18,19)20)8-14(7-12)26-3/h4-8,10-11H,1-3H3/b5-4+,22-15-. The molecule has 0 saturated heterocycles. The monoisotopic (exact) mass is 379 g/mol. The zero-order valence-electron chi connectivity index (χ0n) is 14.7. The van der Waals surface area contributed by atoms with Crippen molar-refractivity contribution in [3.8, 4) is 23.3 Å². The Morgan fingerprint density at radius 1 is 1.33 bits per heavy atom. The summed E-state index contributed by atoms with van der Waals surface area (Å²) in [6, 6.07) is 3.24. The minimum absolute atomic E-state index is 0.0421. The van der Waals surface area contributed by atoms with E-state index in [1.165, 1.54) is 36.5 Å². The summed E-state index contributed by atoms with van der Waals surface area (Å²) in [5.41, 5.74) is -0.712. The van der Waals surface area contributed by atoms with E-state index in [1.54, 1.807) is 20.0 Å². The van der Waals surface area contributed by atoms with E-state index < -0.39 is 11.7 Å². The highest BCUT2D eigenvalue weighted by molar-refractivity contribution is 5.90. The van der Waals surface area contributed by atoms with Crippen LogP contribution in [0.3, 0.4) is 0 Å². The first-order valence-electron chi connectivity index (χ1n) is 7.72. The molecule has 142 valence electrons. The van der Waals surface area contributed by atoms with Gasteiger partial charge in [-0.05, 0) is 32.0 Å². The Labute approximate surface area is 153 Å². The van der Waals surface area contributed by atoms with Gasteiger partial charge in [-0.25, -0.2) is 9.67 Å². The third kappa shape index (κ3) is 5.57. The maximum atomic E-state index is 13.0. The smallest absolute Gasteiger partial charge is 0.416 e. The number of nitriles is 1. The predicted octanol–water partition coefficient (Wildman–Crippen LogP) is 3.75. The van der Waals surface area contributed by atoms with Gasteiger partial charge in [-0.2, -0.15) is 18.4 Å². The van der Waals surface area contributed by atoms with Gasteiger partial charge in [0.1, 0.15) is 12.1 Å². The zero-order chi connectivity index (χ0) is 20.0. The van der Waals surface area contributed by atoms with Crippen LogP contribution in [0.15, 0.2) is 35.6 Å². The molecule has 0 unspecified atom stereocenters. The van der Waals surface area contributed by atoms with E-state index in [4.69, 9.17) is 14.7 Å². The zero-order valence-corrected chi connectivity index (χ0v) is 14.7. The Morgan fingerprint density at radius 2 is 2.07 bits per heavy atom. The molecule has 0 amide bonds. The minimum atomic E-state index is -4.53. The van der Waals surface area contributed by atoms with Crippen LogP contribution in [0.4, 0.5) is 13.2 Å². The average Bonchev–Trinajstić information content (AvgIpc) is 3.07. The van der Waals surface area contributed by atoms with Crippen LogP contribution < -0.4 is 4.74 Å². The Hall–Kier alpha value is -3.35. The fourth-order valence-electron chi connectivity index (χ4n) is 2.02. The number of rotatable bonds is 5. The summed E-state index contributed by atoms with van der Waals surface area (Å²) in [6.45, 7) is 3.55. The Balaban J connectivity index is 2.31. The van der Waals surface area contributed by atoms with Crippen LogP contribution in [0.2, 0.25) is 0 Å². The van der Waals surface area contributed by atoms with Gasteiger partial charge in [-0.1, -0.05) is 0 Å². The van der Waals surface area contributed by atoms with Crippen LogP contribution >= 0.6 is 0 Å². The number of hydrogen-bond acceptors (Lipinski definition) is 6. The van der Waals surface area contributed by atoms with Crippen LogP contribution in [0.5, 0.6) is 5.75 Å². The third-order valence-corrected chi connectivity index (χ3v) is 3.12. The molecule has 0 spiro atoms. The molecule has 0 atom stereocenters. The van der Waals surface area contributed by atoms with E-state index in [0.29, 0.717) is 0 Å². The Bertz CT molecular complexity index is 895. The van der Waals surface area contributed by atoms with Crippen molar-refractivity contribution < 1.29 is 22.6 Å². The molecule has 10 heteroatoms. The van der Waals surface area contributed by atoms with Gasteiger partial charge in [-0.15, -0.1) is 10.1 Å². The molecule has 7 nitrogen and oxygen atoms in total. The van der Waals surface area contributed by atoms with E-state index in [2.05, 4.69) is 15.1 Å². The van der Waals surface area contributed by atoms with Crippen LogP contribution in [0, 0.1) is 11.5 Å². The number of aromatic nitrogens is 3. The van der Waals surface area contributed by atoms with Crippen molar-refractivity contribution in [2.75, 3.05) is 7.11 Å². The molecule has 0 fully saturated rings. The molecular weight excluding hydrogens is 363 g/mol. The summed E-state index contributed by atoms with van der Waals surface area (Å²) in [6.07, 6.45) is 1.02. The van der Waals surface area contributed by atoms with Gasteiger partial charge in [-0.3, -0.25) is 0 Å². The molecule has 0 aliphatic carbocycles. The molecule has 1 aromatic heterocycles. The second-order valence-electron chi connectivity index (χ2n) is 5.53. The molecule has 1 aromatic carbocycles. The minimum Gasteiger partial charge on any atom is -0.497 e. The van der Waals surface area contributed by atoms with Gasteiger partial charge in [0.25, 0.3) is 0 Å². The van der Waals surface area contributed by atoms with Crippen molar-refractivity contribution in [3.05, 3.63) is 36.2 Å². The van der Waals surface area contributed by atoms with Crippen LogP contribution in [-0.2, 0) is 10.9 Å². The summed E-state index contributed by atoms with van der Waals surface area (Å²) in [7, 11) is 1.28. The molecular formula is C17H16F3N5O2. The molecule has 2 rings (SSSR count). The lowest BCUT2D eigenvalue weighted by Gasteiger charge is -2.10. The highest BCUT2D eigenvalue weighted by Crippen LogP contribution is 2.34. The van der Waals surface area contributed by atoms with Crippen LogP contribution in [-0.4, -0.2) is 33.9 Å². The largest absolute Gasteiger partial charge is 0.497 e. The van der Waals surface area contributed by atoms with Crippen LogP contribution in [0.25, 0.3) is 17.6 Å². The van der Waals surface area contributed by atoms with Gasteiger partial charge in [0.15, 0.2) is 5.82 Å². The second-order valence-corrected chi connectivity index (χ2v) is 5.53. The van der Waals surface area contributed by atoms with Gasteiger partial charge < -0.3 is 9.47 Å². The van der Waals surface area contributed by atoms with Gasteiger partial charge in [0, 0.05) is 17.8 Å². The number of ether oxygens (including phenoxy) is 2. The lowest BCUT2D eigenvalue weighted by atomic mass is 10.1. The summed E-state index contributed by atoms with van der Waals surface area (Å²) < 4.78 is 50.6. The summed E-state index contributed by atoms with van der Waals surface area (Å²) in [4.78, 5) is 7.52. The number of alkyl halides is 3. The van der Waals surface area contributed by atoms with Crippen molar-refractivity contribution in [2.24, 2.45) is 4.99 Å². The maximum absolute atomic E-state index is 13.0. The highest BCUT2D eigenvalue weighted by atomic mass is 19.4. The summed E-state index contributed by atoms with van der Waals surface area (Å²) >= 11 is 0. The molecule has 0 aliphatic rings. The van der Waals surface area contributed by atoms with E-state index >= 15 is 0 Å². The van der Waals surface area contributed by atoms with E-state index in [1.807, 2.05) is 0 Å². The molecule has 0 radical (unpaired) electrons. The molecule has 2 aromatic rings. The van der Waals surface area contributed by atoms with Crippen molar-refractivity contribution in [1.29, 1.82) is 5.26 Å². The van der Waals surface area contributed by atoms with E-state index in [9.17, 15) is 13.2 Å². The van der Waals surface area contributed by atoms with Crippen molar-refractivity contribution >= 4 is 12.1 Å². The van der Waals surface area contributed by atoms with Gasteiger partial charge >= 0.3 is 6.18 Å². The fraction of sp³-hybridized carbons (Fsp3) is 0.294. The fourth-order valence-corrected chi connectivity index (χ4v) is 2.02. The predicted molar refractivity (Wildman–Crippen MR) is 91.6 cm³/mol. The normalized spacial score (nSPS) is 12.4. The van der Waals surface area contributed by atoms with Gasteiger partial charge in [0.2, 0.25) is 12.1 Å². The van der Waals surface area contributed by atoms with Gasteiger partial charge in [0.05, 0.1) is 18.8 Å². The first-order valence-corrected chi connectivity index (χ1v) is 7.72. The number of hydrogen-bond donors (Lipinski definition) is 0. The number of halogens is 3. The first-order chi connectivity index (χ1) is 12.7. The quantitative estimate of drug-likeness (QED) is 0.449. The third-order valence-electron chi connectivity index (χ3n) is 3.12. The molecule has 0 N–H and O–H groups in total. The average molecular weight is 379 g/mol. The van der Waals surface area contributed by atoms with Crippen molar-refractivity contribution in [1.82, 2.24) is 14.8 Å². The first kappa shape index (κ1) is 20.0. The van der Waals surface area contributed by atoms with Crippen molar-refractivity contribution in [3.63, 3.8) is 0 Å². The highest BCUT2D eigenvalue weighted by Gasteiger charge is 2.31. The molecule has 0 bridgehead atoms. The topological polar surface area (TPSA) is 85.3 Å². The Morgan fingerprint density at radius 3 is 2.67 bits per heavy atom. The molecule has 27 heavy (non-hydrogen) atoms. The SMILES string of the molecule is COc1cc(-c2ncn(/C=C/C(=N/C#N)OC(C)C)n2)cc(C(F)(F)F)c1. The second kappa shape index (κ2) is 8.35. The maximum Gasteiger partial charge on any atom is 0.416 e. The van der Waals surface area contributed by atoms with E-state index in [-0.39, 0.29) is 29.1 Å². The molecule has 0 aliphatic heterocycles. The lowest BCUT2D eigenvalue weighted by molar-refractivity contribution is -0.137. The number of nitrogens with zero attached hydrogens (tertiary/aromatic N) is 5. The molecule has 1 heterocycles. The Kier molecular flexibility index (Phi) is 6.18. The summed E-state index contributed by atoms with van der Waals surface area (Å²) in [5.74, 6) is 0.193. The summed E-state index contributed by atoms with van der Waals surface area (Å²) in [5, 5.41) is 12.7. The molecule has 0 saturated carbocycles. The number of benzene rings is 1.